The molecule has 0 aliphatic carbocycles. The van der Waals surface area contributed by atoms with Crippen LogP contribution in [0.1, 0.15) is 0 Å². The first-order valence-electron chi connectivity index (χ1n) is 8.01. The number of rotatable bonds is 6. The smallest absolute Gasteiger partial charge is 0.414 e. The maximum atomic E-state index is 10.7. The van der Waals surface area contributed by atoms with Gasteiger partial charge in [-0.1, -0.05) is 18.2 Å². The Morgan fingerprint density at radius 2 is 1.81 bits per heavy atom. The predicted molar refractivity (Wildman–Crippen MR) is 91.8 cm³/mol. The number of hydrogen-bond donors (Lipinski definition) is 0. The molecule has 1 aliphatic heterocycles. The largest absolute Gasteiger partial charge is 0.490 e. The Labute approximate surface area is 148 Å². The third-order valence-electron chi connectivity index (χ3n) is 3.83. The van der Waals surface area contributed by atoms with Gasteiger partial charge in [-0.15, -0.1) is 0 Å². The zero-order chi connectivity index (χ0) is 17.9. The van der Waals surface area contributed by atoms with Crippen LogP contribution < -0.4 is 14.2 Å². The summed E-state index contributed by atoms with van der Waals surface area (Å²) in [4.78, 5) is 14.0. The number of benzene rings is 2. The summed E-state index contributed by atoms with van der Waals surface area (Å²) in [5, 5.41) is 10.7. The first kappa shape index (κ1) is 15.9. The van der Waals surface area contributed by atoms with Crippen LogP contribution in [0, 0.1) is 10.1 Å². The van der Waals surface area contributed by atoms with Crippen molar-refractivity contribution in [3.63, 3.8) is 0 Å². The third kappa shape index (κ3) is 3.44. The van der Waals surface area contributed by atoms with Gasteiger partial charge in [0.15, 0.2) is 6.10 Å². The number of aromatic nitrogens is 2. The number of nitrogens with zero attached hydrogens (tertiary/aromatic N) is 3. The first-order valence-corrected chi connectivity index (χ1v) is 8.01. The minimum absolute atomic E-state index is 0.214. The minimum atomic E-state index is -0.542. The van der Waals surface area contributed by atoms with Gasteiger partial charge in [0, 0.05) is 4.98 Å². The average molecular weight is 353 g/mol. The Hall–Kier alpha value is -3.55. The summed E-state index contributed by atoms with van der Waals surface area (Å²) < 4.78 is 18.6. The normalized spacial score (nSPS) is 15.2. The first-order chi connectivity index (χ1) is 12.7. The summed E-state index contributed by atoms with van der Waals surface area (Å²) in [5.41, 5.74) is 0. The van der Waals surface area contributed by atoms with Gasteiger partial charge in [0.05, 0.1) is 6.54 Å². The van der Waals surface area contributed by atoms with E-state index in [1.165, 1.54) is 6.20 Å². The van der Waals surface area contributed by atoms with Gasteiger partial charge in [0.1, 0.15) is 30.1 Å². The van der Waals surface area contributed by atoms with E-state index >= 15 is 0 Å². The average Bonchev–Trinajstić information content (AvgIpc) is 3.21. The van der Waals surface area contributed by atoms with Crippen molar-refractivity contribution in [1.29, 1.82) is 0 Å². The van der Waals surface area contributed by atoms with E-state index in [0.717, 1.165) is 5.75 Å². The van der Waals surface area contributed by atoms with Crippen molar-refractivity contribution in [2.24, 2.45) is 0 Å². The second-order valence-corrected chi connectivity index (χ2v) is 5.73. The summed E-state index contributed by atoms with van der Waals surface area (Å²) in [6.07, 6.45) is 1.13. The lowest BCUT2D eigenvalue weighted by atomic mass is 10.3. The van der Waals surface area contributed by atoms with E-state index in [0.29, 0.717) is 24.7 Å². The standard InChI is InChI=1S/C18H15N3O5/c22-21(23)17-11-20-10-16(26-18(20)19-17)12-24-13-6-8-15(9-7-13)25-14-4-2-1-3-5-14/h1-9,11,16H,10,12H2. The van der Waals surface area contributed by atoms with Crippen LogP contribution in [0.4, 0.5) is 5.82 Å². The molecule has 1 aromatic heterocycles. The van der Waals surface area contributed by atoms with E-state index in [2.05, 4.69) is 4.98 Å². The van der Waals surface area contributed by atoms with Crippen molar-refractivity contribution in [3.8, 4) is 23.3 Å². The molecule has 0 amide bonds. The monoisotopic (exact) mass is 353 g/mol. The van der Waals surface area contributed by atoms with Crippen molar-refractivity contribution in [3.05, 3.63) is 70.9 Å². The Morgan fingerprint density at radius 1 is 1.12 bits per heavy atom. The number of para-hydroxylation sites is 1. The summed E-state index contributed by atoms with van der Waals surface area (Å²) in [5.74, 6) is 1.95. The van der Waals surface area contributed by atoms with Crippen LogP contribution in [-0.2, 0) is 6.54 Å². The Kier molecular flexibility index (Phi) is 4.14. The van der Waals surface area contributed by atoms with Crippen LogP contribution in [0.2, 0.25) is 0 Å². The highest BCUT2D eigenvalue weighted by Gasteiger charge is 2.31. The predicted octanol–water partition coefficient (Wildman–Crippen LogP) is 3.42. The molecule has 26 heavy (non-hydrogen) atoms. The van der Waals surface area contributed by atoms with E-state index in [9.17, 15) is 10.1 Å². The number of imidazole rings is 1. The zero-order valence-corrected chi connectivity index (χ0v) is 13.6. The van der Waals surface area contributed by atoms with E-state index in [1.807, 2.05) is 54.6 Å². The molecule has 0 bridgehead atoms. The quantitative estimate of drug-likeness (QED) is 0.498. The fourth-order valence-electron chi connectivity index (χ4n) is 2.61. The fraction of sp³-hybridized carbons (Fsp3) is 0.167. The van der Waals surface area contributed by atoms with Gasteiger partial charge in [-0.25, -0.2) is 0 Å². The van der Waals surface area contributed by atoms with Crippen molar-refractivity contribution < 1.29 is 19.1 Å². The van der Waals surface area contributed by atoms with Crippen LogP contribution in [-0.4, -0.2) is 27.2 Å². The lowest BCUT2D eigenvalue weighted by Gasteiger charge is -2.11. The Bertz CT molecular complexity index is 885. The SMILES string of the molecule is O=[N+]([O-])c1cn2c(n1)OC(COc1ccc(Oc3ccccc3)cc1)C2. The van der Waals surface area contributed by atoms with Crippen LogP contribution >= 0.6 is 0 Å². The second-order valence-electron chi connectivity index (χ2n) is 5.73. The van der Waals surface area contributed by atoms with Gasteiger partial charge >= 0.3 is 11.8 Å². The molecule has 4 rings (SSSR count). The molecule has 1 unspecified atom stereocenters. The summed E-state index contributed by atoms with van der Waals surface area (Å²) in [6.45, 7) is 0.779. The van der Waals surface area contributed by atoms with Gasteiger partial charge in [-0.3, -0.25) is 4.57 Å². The minimum Gasteiger partial charge on any atom is -0.490 e. The number of nitro groups is 1. The molecule has 3 aromatic rings. The zero-order valence-electron chi connectivity index (χ0n) is 13.6. The number of ether oxygens (including phenoxy) is 3. The summed E-state index contributed by atoms with van der Waals surface area (Å²) >= 11 is 0. The van der Waals surface area contributed by atoms with Crippen LogP contribution in [0.25, 0.3) is 0 Å². The van der Waals surface area contributed by atoms with E-state index in [-0.39, 0.29) is 17.9 Å². The van der Waals surface area contributed by atoms with Gasteiger partial charge in [-0.05, 0) is 41.3 Å². The highest BCUT2D eigenvalue weighted by molar-refractivity contribution is 5.35. The molecule has 0 radical (unpaired) electrons. The highest BCUT2D eigenvalue weighted by atomic mass is 16.6. The molecule has 0 saturated heterocycles. The molecule has 0 N–H and O–H groups in total. The molecule has 0 saturated carbocycles. The second kappa shape index (κ2) is 6.75. The maximum Gasteiger partial charge on any atom is 0.414 e. The molecule has 1 atom stereocenters. The molecular formula is C18H15N3O5. The van der Waals surface area contributed by atoms with Gasteiger partial charge < -0.3 is 24.3 Å². The van der Waals surface area contributed by atoms with Gasteiger partial charge in [-0.2, -0.15) is 0 Å². The van der Waals surface area contributed by atoms with E-state index < -0.39 is 4.92 Å². The molecular weight excluding hydrogens is 338 g/mol. The van der Waals surface area contributed by atoms with Crippen LogP contribution in [0.15, 0.2) is 60.8 Å². The van der Waals surface area contributed by atoms with Crippen molar-refractivity contribution in [2.45, 2.75) is 12.6 Å². The van der Waals surface area contributed by atoms with Crippen molar-refractivity contribution >= 4 is 5.82 Å². The summed E-state index contributed by atoms with van der Waals surface area (Å²) in [6, 6.07) is 17.1. The molecule has 0 spiro atoms. The molecule has 132 valence electrons. The molecule has 8 nitrogen and oxygen atoms in total. The highest BCUT2D eigenvalue weighted by Crippen LogP contribution is 2.26. The summed E-state index contributed by atoms with van der Waals surface area (Å²) in [7, 11) is 0. The molecule has 8 heteroatoms. The van der Waals surface area contributed by atoms with Crippen molar-refractivity contribution in [1.82, 2.24) is 9.55 Å². The topological polar surface area (TPSA) is 88.7 Å². The number of fused-ring (bicyclic) bond motifs is 1. The lowest BCUT2D eigenvalue weighted by Crippen LogP contribution is -2.23. The van der Waals surface area contributed by atoms with Crippen LogP contribution in [0.3, 0.4) is 0 Å². The molecule has 0 fully saturated rings. The third-order valence-corrected chi connectivity index (χ3v) is 3.83. The Balaban J connectivity index is 1.30. The van der Waals surface area contributed by atoms with E-state index in [1.54, 1.807) is 4.57 Å². The molecule has 2 heterocycles. The molecule has 1 aliphatic rings. The fourth-order valence-corrected chi connectivity index (χ4v) is 2.61. The van der Waals surface area contributed by atoms with Crippen LogP contribution in [0.5, 0.6) is 23.3 Å². The Morgan fingerprint density at radius 3 is 2.50 bits per heavy atom. The lowest BCUT2D eigenvalue weighted by molar-refractivity contribution is -0.389. The van der Waals surface area contributed by atoms with Crippen molar-refractivity contribution in [2.75, 3.05) is 6.61 Å². The number of hydrogen-bond acceptors (Lipinski definition) is 6. The van der Waals surface area contributed by atoms with Gasteiger partial charge in [0.25, 0.3) is 0 Å². The van der Waals surface area contributed by atoms with Gasteiger partial charge in [0.2, 0.25) is 0 Å². The molecule has 2 aromatic carbocycles. The van der Waals surface area contributed by atoms with E-state index in [4.69, 9.17) is 14.2 Å². The maximum absolute atomic E-state index is 10.7.